The second-order valence-corrected chi connectivity index (χ2v) is 17.8. The molecule has 0 radical (unpaired) electrons. The Hall–Kier alpha value is -5.03. The van der Waals surface area contributed by atoms with Gasteiger partial charge < -0.3 is 0 Å². The molecule has 0 bridgehead atoms. The van der Waals surface area contributed by atoms with Crippen LogP contribution in [0.3, 0.4) is 0 Å². The standard InChI is InChI=1S/C52H49P/c1-36(2)34-53(35-37(3)4)46-19-13-18-44(32-46)45-30-31-49-50(33-45)52(43-28-24-41(25-29-43)39-16-9-6-10-17-39)48-21-12-11-20-47(48)51(49)42-26-22-40(23-27-42)38-14-7-5-8-15-38/h5-10,13-33,36-37H,11-12,34-35H2,1-4H3. The zero-order valence-corrected chi connectivity index (χ0v) is 32.4. The Kier molecular flexibility index (Phi) is 10.3. The van der Waals surface area contributed by atoms with E-state index in [-0.39, 0.29) is 7.92 Å². The minimum absolute atomic E-state index is 0.212. The van der Waals surface area contributed by atoms with E-state index in [4.69, 9.17) is 0 Å². The highest BCUT2D eigenvalue weighted by molar-refractivity contribution is 7.65. The van der Waals surface area contributed by atoms with Crippen LogP contribution in [0.4, 0.5) is 0 Å². The van der Waals surface area contributed by atoms with Crippen molar-refractivity contribution < 1.29 is 0 Å². The molecule has 0 saturated heterocycles. The molecule has 1 aliphatic carbocycles. The van der Waals surface area contributed by atoms with Crippen LogP contribution in [-0.4, -0.2) is 12.3 Å². The molecule has 7 aromatic carbocycles. The fraction of sp³-hybridized carbons (Fsp3) is 0.192. The number of benzene rings is 7. The molecule has 53 heavy (non-hydrogen) atoms. The Morgan fingerprint density at radius 2 is 0.811 bits per heavy atom. The van der Waals surface area contributed by atoms with Crippen molar-refractivity contribution in [3.63, 3.8) is 0 Å². The third-order valence-corrected chi connectivity index (χ3v) is 13.9. The Balaban J connectivity index is 1.33. The van der Waals surface area contributed by atoms with Crippen molar-refractivity contribution in [2.24, 2.45) is 11.8 Å². The summed E-state index contributed by atoms with van der Waals surface area (Å²) >= 11 is 0. The van der Waals surface area contributed by atoms with Crippen LogP contribution >= 0.6 is 7.92 Å². The number of fused-ring (bicyclic) bond motifs is 2. The van der Waals surface area contributed by atoms with Gasteiger partial charge in [-0.1, -0.05) is 187 Å². The Bertz CT molecular complexity index is 2460. The summed E-state index contributed by atoms with van der Waals surface area (Å²) in [5, 5.41) is 6.89. The molecule has 0 nitrogen and oxygen atoms in total. The average molecular weight is 705 g/mol. The molecule has 262 valence electrons. The maximum Gasteiger partial charge on any atom is -0.00295 e. The molecule has 0 N–H and O–H groups in total. The molecule has 0 unspecified atom stereocenters. The molecule has 0 aliphatic heterocycles. The summed E-state index contributed by atoms with van der Waals surface area (Å²) in [6.45, 7) is 9.49. The topological polar surface area (TPSA) is 0 Å². The van der Waals surface area contributed by atoms with Crippen LogP contribution < -0.4 is 15.7 Å². The van der Waals surface area contributed by atoms with Gasteiger partial charge in [0.15, 0.2) is 0 Å². The van der Waals surface area contributed by atoms with Crippen molar-refractivity contribution in [3.05, 3.63) is 162 Å². The van der Waals surface area contributed by atoms with Crippen molar-refractivity contribution in [1.29, 1.82) is 0 Å². The van der Waals surface area contributed by atoms with E-state index in [0.29, 0.717) is 11.8 Å². The normalized spacial score (nSPS) is 12.6. The van der Waals surface area contributed by atoms with Crippen LogP contribution in [0.15, 0.2) is 152 Å². The first-order chi connectivity index (χ1) is 25.9. The van der Waals surface area contributed by atoms with Crippen molar-refractivity contribution in [2.45, 2.75) is 40.5 Å². The van der Waals surface area contributed by atoms with E-state index in [0.717, 1.165) is 12.8 Å². The van der Waals surface area contributed by atoms with Gasteiger partial charge in [0.1, 0.15) is 0 Å². The third-order valence-electron chi connectivity index (χ3n) is 10.5. The second kappa shape index (κ2) is 15.5. The summed E-state index contributed by atoms with van der Waals surface area (Å²) in [5.41, 5.74) is 12.8. The molecule has 8 rings (SSSR count). The summed E-state index contributed by atoms with van der Waals surface area (Å²) in [5.74, 6) is 1.39. The summed E-state index contributed by atoms with van der Waals surface area (Å²) in [6.07, 6.45) is 9.65. The van der Waals surface area contributed by atoms with Gasteiger partial charge in [-0.05, 0) is 131 Å². The first kappa shape index (κ1) is 35.0. The van der Waals surface area contributed by atoms with Crippen molar-refractivity contribution in [2.75, 3.05) is 12.3 Å². The highest BCUT2D eigenvalue weighted by Crippen LogP contribution is 2.41. The van der Waals surface area contributed by atoms with Crippen molar-refractivity contribution >= 4 is 36.2 Å². The van der Waals surface area contributed by atoms with Gasteiger partial charge in [-0.2, -0.15) is 0 Å². The lowest BCUT2D eigenvalue weighted by molar-refractivity contribution is 0.721. The van der Waals surface area contributed by atoms with Gasteiger partial charge in [-0.3, -0.25) is 0 Å². The van der Waals surface area contributed by atoms with Gasteiger partial charge in [0.25, 0.3) is 0 Å². The van der Waals surface area contributed by atoms with Crippen LogP contribution in [0, 0.1) is 11.8 Å². The molecule has 0 aromatic heterocycles. The van der Waals surface area contributed by atoms with Crippen molar-refractivity contribution in [3.8, 4) is 55.6 Å². The molecule has 1 aliphatic rings. The molecule has 0 fully saturated rings. The molecule has 7 aromatic rings. The zero-order valence-electron chi connectivity index (χ0n) is 31.5. The van der Waals surface area contributed by atoms with Crippen LogP contribution in [0.1, 0.15) is 40.5 Å². The fourth-order valence-corrected chi connectivity index (χ4v) is 11.1. The number of hydrogen-bond donors (Lipinski definition) is 0. The predicted octanol–water partition coefficient (Wildman–Crippen LogP) is 12.9. The molecular formula is C52H49P. The first-order valence-electron chi connectivity index (χ1n) is 19.4. The van der Waals surface area contributed by atoms with Gasteiger partial charge in [-0.25, -0.2) is 0 Å². The van der Waals surface area contributed by atoms with Crippen molar-refractivity contribution in [1.82, 2.24) is 0 Å². The van der Waals surface area contributed by atoms with Gasteiger partial charge in [0, 0.05) is 0 Å². The smallest absolute Gasteiger partial charge is 0.00295 e. The van der Waals surface area contributed by atoms with Crippen LogP contribution in [0.2, 0.25) is 0 Å². The Morgan fingerprint density at radius 1 is 0.396 bits per heavy atom. The van der Waals surface area contributed by atoms with Gasteiger partial charge in [-0.15, -0.1) is 0 Å². The number of rotatable bonds is 10. The molecule has 0 amide bonds. The maximum absolute atomic E-state index is 2.51. The van der Waals surface area contributed by atoms with E-state index in [1.54, 1.807) is 0 Å². The fourth-order valence-electron chi connectivity index (χ4n) is 8.18. The first-order valence-corrected chi connectivity index (χ1v) is 21.1. The monoisotopic (exact) mass is 704 g/mol. The van der Waals surface area contributed by atoms with Crippen LogP contribution in [0.25, 0.3) is 78.6 Å². The lowest BCUT2D eigenvalue weighted by Gasteiger charge is -2.23. The van der Waals surface area contributed by atoms with Crippen LogP contribution in [0.5, 0.6) is 0 Å². The summed E-state index contributed by atoms with van der Waals surface area (Å²) in [6, 6.07) is 56.7. The van der Waals surface area contributed by atoms with E-state index in [2.05, 4.69) is 192 Å². The summed E-state index contributed by atoms with van der Waals surface area (Å²) in [7, 11) is -0.212. The summed E-state index contributed by atoms with van der Waals surface area (Å²) in [4.78, 5) is 0. The third kappa shape index (κ3) is 7.44. The van der Waals surface area contributed by atoms with E-state index >= 15 is 0 Å². The SMILES string of the molecule is CC(C)CP(CC(C)C)c1cccc(-c2ccc3c(-c4ccc(-c5ccccc5)cc4)c4c(c(-c5ccc(-c6ccccc6)cc5)c3c2)=CCCC=4)c1. The van der Waals surface area contributed by atoms with E-state index in [1.807, 2.05) is 0 Å². The second-order valence-electron chi connectivity index (χ2n) is 15.5. The minimum atomic E-state index is -0.212. The van der Waals surface area contributed by atoms with E-state index < -0.39 is 0 Å². The van der Waals surface area contributed by atoms with E-state index in [1.165, 1.54) is 94.5 Å². The molecular weight excluding hydrogens is 656 g/mol. The largest absolute Gasteiger partial charge is 0.0757 e. The van der Waals surface area contributed by atoms with Gasteiger partial charge in [0.05, 0.1) is 0 Å². The quantitative estimate of drug-likeness (QED) is 0.124. The molecule has 0 heterocycles. The minimum Gasteiger partial charge on any atom is -0.0757 e. The lowest BCUT2D eigenvalue weighted by Crippen LogP contribution is -2.31. The average Bonchev–Trinajstić information content (AvgIpc) is 3.20. The zero-order chi connectivity index (χ0) is 36.3. The lowest BCUT2D eigenvalue weighted by atomic mass is 9.84. The molecule has 0 saturated carbocycles. The number of hydrogen-bond acceptors (Lipinski definition) is 0. The van der Waals surface area contributed by atoms with Crippen LogP contribution in [-0.2, 0) is 0 Å². The molecule has 0 atom stereocenters. The highest BCUT2D eigenvalue weighted by Gasteiger charge is 2.19. The maximum atomic E-state index is 2.51. The Labute approximate surface area is 317 Å². The van der Waals surface area contributed by atoms with E-state index in [9.17, 15) is 0 Å². The highest BCUT2D eigenvalue weighted by atomic mass is 31.1. The molecule has 1 heteroatoms. The van der Waals surface area contributed by atoms with Gasteiger partial charge >= 0.3 is 0 Å². The summed E-state index contributed by atoms with van der Waals surface area (Å²) < 4.78 is 0. The predicted molar refractivity (Wildman–Crippen MR) is 235 cm³/mol. The molecule has 0 spiro atoms. The Morgan fingerprint density at radius 3 is 1.32 bits per heavy atom. The van der Waals surface area contributed by atoms with Gasteiger partial charge in [0.2, 0.25) is 0 Å².